The van der Waals surface area contributed by atoms with E-state index in [9.17, 15) is 14.9 Å². The van der Waals surface area contributed by atoms with E-state index in [1.165, 1.54) is 17.0 Å². The number of hydrogen-bond acceptors (Lipinski definition) is 6. The SMILES string of the molecule is N#CC1(NC(=O)[C@@H]2CCCC[C@H]2C(=O)N2CCN(c3nc4c(s3)CCC4)CC2)CC1. The van der Waals surface area contributed by atoms with Crippen LogP contribution >= 0.6 is 11.3 Å². The number of nitrogens with one attached hydrogen (secondary N) is 1. The summed E-state index contributed by atoms with van der Waals surface area (Å²) in [5.41, 5.74) is 0.609. The average molecular weight is 428 g/mol. The standard InChI is InChI=1S/C22H29N5O2S/c23-14-22(8-9-22)25-19(28)15-4-1-2-5-16(15)20(29)26-10-12-27(13-11-26)21-24-17-6-3-7-18(17)30-21/h15-16H,1-13H2,(H,25,28)/t15-,16-/m1/s1. The lowest BCUT2D eigenvalue weighted by molar-refractivity contribution is -0.144. The first-order valence-electron chi connectivity index (χ1n) is 11.3. The van der Waals surface area contributed by atoms with Crippen LogP contribution in [-0.4, -0.2) is 53.4 Å². The first kappa shape index (κ1) is 19.8. The highest BCUT2D eigenvalue weighted by atomic mass is 32.1. The van der Waals surface area contributed by atoms with E-state index in [-0.39, 0.29) is 23.7 Å². The number of fused-ring (bicyclic) bond motifs is 1. The topological polar surface area (TPSA) is 89.3 Å². The number of thiazole rings is 1. The molecule has 1 aliphatic heterocycles. The van der Waals surface area contributed by atoms with Crippen LogP contribution in [0.25, 0.3) is 0 Å². The predicted molar refractivity (Wildman–Crippen MR) is 114 cm³/mol. The van der Waals surface area contributed by atoms with Gasteiger partial charge in [0.2, 0.25) is 11.8 Å². The Hall–Kier alpha value is -2.14. The summed E-state index contributed by atoms with van der Waals surface area (Å²) in [5, 5.41) is 13.3. The normalized spacial score (nSPS) is 27.3. The van der Waals surface area contributed by atoms with Gasteiger partial charge in [0, 0.05) is 42.9 Å². The molecule has 1 N–H and O–H groups in total. The zero-order valence-corrected chi connectivity index (χ0v) is 18.2. The van der Waals surface area contributed by atoms with Crippen LogP contribution < -0.4 is 10.2 Å². The van der Waals surface area contributed by atoms with Crippen molar-refractivity contribution in [3.8, 4) is 6.07 Å². The van der Waals surface area contributed by atoms with Gasteiger partial charge in [-0.05, 0) is 44.9 Å². The van der Waals surface area contributed by atoms with Gasteiger partial charge in [0.05, 0.1) is 11.8 Å². The van der Waals surface area contributed by atoms with Crippen molar-refractivity contribution in [1.29, 1.82) is 5.26 Å². The first-order chi connectivity index (χ1) is 14.6. The van der Waals surface area contributed by atoms with E-state index in [0.717, 1.165) is 69.6 Å². The maximum absolute atomic E-state index is 13.3. The van der Waals surface area contributed by atoms with E-state index in [1.807, 2.05) is 16.2 Å². The molecule has 0 bridgehead atoms. The van der Waals surface area contributed by atoms with Crippen LogP contribution in [0.3, 0.4) is 0 Å². The van der Waals surface area contributed by atoms with Gasteiger partial charge in [0.25, 0.3) is 0 Å². The van der Waals surface area contributed by atoms with Crippen LogP contribution in [0.1, 0.15) is 55.5 Å². The fourth-order valence-electron chi connectivity index (χ4n) is 5.12. The van der Waals surface area contributed by atoms with Crippen molar-refractivity contribution in [2.75, 3.05) is 31.1 Å². The van der Waals surface area contributed by atoms with Gasteiger partial charge in [-0.1, -0.05) is 12.8 Å². The largest absolute Gasteiger partial charge is 0.345 e. The molecule has 7 nitrogen and oxygen atoms in total. The number of nitrogens with zero attached hydrogens (tertiary/aromatic N) is 4. The molecule has 8 heteroatoms. The van der Waals surface area contributed by atoms with Gasteiger partial charge in [0.15, 0.2) is 5.13 Å². The third kappa shape index (κ3) is 3.68. The van der Waals surface area contributed by atoms with Crippen molar-refractivity contribution >= 4 is 28.3 Å². The van der Waals surface area contributed by atoms with Crippen molar-refractivity contribution in [2.24, 2.45) is 11.8 Å². The average Bonchev–Trinajstić information content (AvgIpc) is 3.21. The van der Waals surface area contributed by atoms with Crippen molar-refractivity contribution in [2.45, 2.75) is 63.3 Å². The molecule has 30 heavy (non-hydrogen) atoms. The summed E-state index contributed by atoms with van der Waals surface area (Å²) >= 11 is 1.82. The number of nitriles is 1. The number of rotatable bonds is 4. The van der Waals surface area contributed by atoms with Gasteiger partial charge in [-0.15, -0.1) is 11.3 Å². The number of amides is 2. The predicted octanol–water partition coefficient (Wildman–Crippen LogP) is 2.26. The summed E-state index contributed by atoms with van der Waals surface area (Å²) in [5.74, 6) is -0.513. The molecule has 5 rings (SSSR count). The van der Waals surface area contributed by atoms with E-state index in [1.54, 1.807) is 0 Å². The third-order valence-electron chi connectivity index (χ3n) is 7.19. The van der Waals surface area contributed by atoms with E-state index in [2.05, 4.69) is 16.3 Å². The quantitative estimate of drug-likeness (QED) is 0.796. The minimum Gasteiger partial charge on any atom is -0.345 e. The van der Waals surface area contributed by atoms with Gasteiger partial charge in [-0.2, -0.15) is 5.26 Å². The zero-order chi connectivity index (χ0) is 20.7. The van der Waals surface area contributed by atoms with E-state index in [4.69, 9.17) is 4.98 Å². The van der Waals surface area contributed by atoms with Crippen LogP contribution in [0.5, 0.6) is 0 Å². The maximum atomic E-state index is 13.3. The molecule has 160 valence electrons. The summed E-state index contributed by atoms with van der Waals surface area (Å²) in [4.78, 5) is 36.7. The highest BCUT2D eigenvalue weighted by Crippen LogP contribution is 2.38. The van der Waals surface area contributed by atoms with Crippen LogP contribution in [0.2, 0.25) is 0 Å². The Morgan fingerprint density at radius 2 is 1.80 bits per heavy atom. The molecule has 1 aromatic heterocycles. The Labute approximate surface area is 181 Å². The number of aromatic nitrogens is 1. The number of anilines is 1. The van der Waals surface area contributed by atoms with Crippen molar-refractivity contribution in [3.05, 3.63) is 10.6 Å². The summed E-state index contributed by atoms with van der Waals surface area (Å²) in [7, 11) is 0. The Balaban J connectivity index is 1.20. The lowest BCUT2D eigenvalue weighted by atomic mass is 9.77. The monoisotopic (exact) mass is 427 g/mol. The second-order valence-corrected chi connectivity index (χ2v) is 10.3. The molecule has 0 radical (unpaired) electrons. The van der Waals surface area contributed by atoms with Crippen LogP contribution in [0.15, 0.2) is 0 Å². The van der Waals surface area contributed by atoms with E-state index < -0.39 is 5.54 Å². The van der Waals surface area contributed by atoms with Crippen LogP contribution in [0.4, 0.5) is 5.13 Å². The molecular weight excluding hydrogens is 398 g/mol. The highest BCUT2D eigenvalue weighted by molar-refractivity contribution is 7.15. The summed E-state index contributed by atoms with van der Waals surface area (Å²) in [6, 6.07) is 2.23. The molecule has 2 amide bonds. The van der Waals surface area contributed by atoms with Gasteiger partial charge in [-0.25, -0.2) is 4.98 Å². The van der Waals surface area contributed by atoms with Crippen LogP contribution in [-0.2, 0) is 22.4 Å². The molecule has 2 saturated carbocycles. The van der Waals surface area contributed by atoms with E-state index in [0.29, 0.717) is 13.1 Å². The summed E-state index contributed by atoms with van der Waals surface area (Å²) < 4.78 is 0. The van der Waals surface area contributed by atoms with Crippen LogP contribution in [0, 0.1) is 23.2 Å². The highest BCUT2D eigenvalue weighted by Gasteiger charge is 2.47. The lowest BCUT2D eigenvalue weighted by Crippen LogP contribution is -2.53. The number of piperazine rings is 1. The number of carbonyl (C=O) groups is 2. The van der Waals surface area contributed by atoms with Gasteiger partial charge < -0.3 is 15.1 Å². The van der Waals surface area contributed by atoms with Crippen molar-refractivity contribution in [3.63, 3.8) is 0 Å². The fraction of sp³-hybridized carbons (Fsp3) is 0.727. The Kier molecular flexibility index (Phi) is 5.18. The van der Waals surface area contributed by atoms with Gasteiger partial charge >= 0.3 is 0 Å². The molecule has 2 atom stereocenters. The second-order valence-electron chi connectivity index (χ2n) is 9.21. The molecule has 2 heterocycles. The molecule has 3 fully saturated rings. The summed E-state index contributed by atoms with van der Waals surface area (Å²) in [6.07, 6.45) is 8.42. The smallest absolute Gasteiger partial charge is 0.226 e. The second kappa shape index (κ2) is 7.84. The Morgan fingerprint density at radius 1 is 1.07 bits per heavy atom. The Morgan fingerprint density at radius 3 is 2.47 bits per heavy atom. The number of aryl methyl sites for hydroxylation is 2. The molecule has 0 aromatic carbocycles. The number of hydrogen-bond donors (Lipinski definition) is 1. The van der Waals surface area contributed by atoms with E-state index >= 15 is 0 Å². The lowest BCUT2D eigenvalue weighted by Gasteiger charge is -2.39. The molecule has 4 aliphatic rings. The molecule has 1 saturated heterocycles. The van der Waals surface area contributed by atoms with Crippen molar-refractivity contribution < 1.29 is 9.59 Å². The minimum absolute atomic E-state index is 0.0944. The summed E-state index contributed by atoms with van der Waals surface area (Å²) in [6.45, 7) is 2.99. The maximum Gasteiger partial charge on any atom is 0.226 e. The van der Waals surface area contributed by atoms with Gasteiger partial charge in [0.1, 0.15) is 5.54 Å². The first-order valence-corrected chi connectivity index (χ1v) is 12.2. The minimum atomic E-state index is -0.665. The van der Waals surface area contributed by atoms with Gasteiger partial charge in [-0.3, -0.25) is 9.59 Å². The third-order valence-corrected chi connectivity index (χ3v) is 8.41. The molecular formula is C22H29N5O2S. The molecule has 0 unspecified atom stereocenters. The number of carbonyl (C=O) groups excluding carboxylic acids is 2. The fourth-order valence-corrected chi connectivity index (χ4v) is 6.32. The Bertz CT molecular complexity index is 857. The van der Waals surface area contributed by atoms with Crippen molar-refractivity contribution in [1.82, 2.24) is 15.2 Å². The molecule has 3 aliphatic carbocycles. The zero-order valence-electron chi connectivity index (χ0n) is 17.4. The molecule has 1 aromatic rings. The molecule has 0 spiro atoms.